The van der Waals surface area contributed by atoms with Crippen molar-refractivity contribution in [2.75, 3.05) is 7.05 Å². The van der Waals surface area contributed by atoms with Crippen molar-refractivity contribution >= 4 is 0 Å². The molecular formula is C20H25N. The summed E-state index contributed by atoms with van der Waals surface area (Å²) in [5, 5.41) is 3.52. The lowest BCUT2D eigenvalue weighted by Gasteiger charge is -2.29. The van der Waals surface area contributed by atoms with E-state index in [1.165, 1.54) is 36.8 Å². The minimum atomic E-state index is 0.446. The second-order valence-corrected chi connectivity index (χ2v) is 6.28. The van der Waals surface area contributed by atoms with Gasteiger partial charge in [-0.05, 0) is 62.3 Å². The molecule has 110 valence electrons. The summed E-state index contributed by atoms with van der Waals surface area (Å²) in [7, 11) is 2.08. The van der Waals surface area contributed by atoms with Crippen LogP contribution >= 0.6 is 0 Å². The van der Waals surface area contributed by atoms with Gasteiger partial charge in [0.05, 0.1) is 0 Å². The Kier molecular flexibility index (Phi) is 4.40. The molecule has 0 aromatic heterocycles. The smallest absolute Gasteiger partial charge is 0.0323 e. The number of hydrogen-bond acceptors (Lipinski definition) is 1. The third-order valence-corrected chi connectivity index (χ3v) is 4.84. The molecule has 1 nitrogen and oxygen atoms in total. The zero-order valence-corrected chi connectivity index (χ0v) is 13.1. The molecule has 0 spiro atoms. The Morgan fingerprint density at radius 2 is 1.86 bits per heavy atom. The van der Waals surface area contributed by atoms with Gasteiger partial charge >= 0.3 is 0 Å². The van der Waals surface area contributed by atoms with Gasteiger partial charge in [0.2, 0.25) is 0 Å². The lowest BCUT2D eigenvalue weighted by atomic mass is 9.78. The fraction of sp³-hybridized carbons (Fsp3) is 0.400. The molecule has 2 unspecified atom stereocenters. The number of hydrogen-bond donors (Lipinski definition) is 1. The summed E-state index contributed by atoms with van der Waals surface area (Å²) < 4.78 is 0. The van der Waals surface area contributed by atoms with Crippen LogP contribution in [0.4, 0.5) is 0 Å². The predicted octanol–water partition coefficient (Wildman–Crippen LogP) is 4.77. The molecule has 0 aliphatic heterocycles. The Hall–Kier alpha value is -1.60. The largest absolute Gasteiger partial charge is 0.313 e. The average molecular weight is 279 g/mol. The molecule has 0 radical (unpaired) electrons. The van der Waals surface area contributed by atoms with Gasteiger partial charge in [-0.15, -0.1) is 0 Å². The molecule has 1 N–H and O–H groups in total. The minimum absolute atomic E-state index is 0.446. The van der Waals surface area contributed by atoms with Crippen molar-refractivity contribution < 1.29 is 0 Å². The highest BCUT2D eigenvalue weighted by Crippen LogP contribution is 2.37. The highest BCUT2D eigenvalue weighted by atomic mass is 14.9. The van der Waals surface area contributed by atoms with Gasteiger partial charge in [0.25, 0.3) is 0 Å². The van der Waals surface area contributed by atoms with Crippen LogP contribution in [0.15, 0.2) is 48.5 Å². The molecule has 0 saturated heterocycles. The van der Waals surface area contributed by atoms with Crippen molar-refractivity contribution in [2.45, 2.75) is 44.6 Å². The van der Waals surface area contributed by atoms with E-state index in [4.69, 9.17) is 0 Å². The molecule has 0 bridgehead atoms. The first-order valence-electron chi connectivity index (χ1n) is 8.09. The van der Waals surface area contributed by atoms with E-state index in [1.54, 1.807) is 11.1 Å². The number of benzene rings is 2. The molecule has 2 atom stereocenters. The van der Waals surface area contributed by atoms with Gasteiger partial charge in [-0.2, -0.15) is 0 Å². The maximum Gasteiger partial charge on any atom is 0.0323 e. The van der Waals surface area contributed by atoms with Crippen LogP contribution in [0, 0.1) is 6.92 Å². The summed E-state index contributed by atoms with van der Waals surface area (Å²) in [5.41, 5.74) is 5.88. The van der Waals surface area contributed by atoms with Crippen LogP contribution in [-0.4, -0.2) is 7.05 Å². The fourth-order valence-corrected chi connectivity index (χ4v) is 3.60. The molecule has 2 aromatic carbocycles. The van der Waals surface area contributed by atoms with Crippen LogP contribution in [0.25, 0.3) is 0 Å². The maximum atomic E-state index is 3.52. The summed E-state index contributed by atoms with van der Waals surface area (Å²) in [4.78, 5) is 0. The Bertz CT molecular complexity index is 585. The van der Waals surface area contributed by atoms with Crippen molar-refractivity contribution in [2.24, 2.45) is 0 Å². The van der Waals surface area contributed by atoms with E-state index in [-0.39, 0.29) is 0 Å². The number of nitrogens with one attached hydrogen (secondary N) is 1. The lowest BCUT2D eigenvalue weighted by Crippen LogP contribution is -2.21. The molecule has 2 aromatic rings. The Morgan fingerprint density at radius 1 is 1.10 bits per heavy atom. The zero-order chi connectivity index (χ0) is 14.7. The van der Waals surface area contributed by atoms with Crippen LogP contribution in [-0.2, 0) is 6.42 Å². The standard InChI is InChI=1S/C20H25N/c1-15-10-12-17(13-11-15)20(21-2)14-18-8-5-7-16-6-3-4-9-19(16)18/h3-4,6,9-13,18,20-21H,5,7-8,14H2,1-2H3. The van der Waals surface area contributed by atoms with Gasteiger partial charge < -0.3 is 5.32 Å². The minimum Gasteiger partial charge on any atom is -0.313 e. The molecule has 1 aliphatic rings. The van der Waals surface area contributed by atoms with Crippen LogP contribution in [0.2, 0.25) is 0 Å². The summed E-state index contributed by atoms with van der Waals surface area (Å²) in [6.45, 7) is 2.15. The molecule has 0 amide bonds. The van der Waals surface area contributed by atoms with Crippen molar-refractivity contribution in [1.82, 2.24) is 5.32 Å². The Balaban J connectivity index is 1.80. The van der Waals surface area contributed by atoms with Gasteiger partial charge in [-0.1, -0.05) is 54.1 Å². The van der Waals surface area contributed by atoms with Gasteiger partial charge in [0, 0.05) is 6.04 Å². The normalized spacial score (nSPS) is 19.0. The Morgan fingerprint density at radius 3 is 2.62 bits per heavy atom. The maximum absolute atomic E-state index is 3.52. The highest BCUT2D eigenvalue weighted by molar-refractivity contribution is 5.33. The number of aryl methyl sites for hydroxylation is 2. The zero-order valence-electron chi connectivity index (χ0n) is 13.1. The SMILES string of the molecule is CNC(CC1CCCc2ccccc21)c1ccc(C)cc1. The van der Waals surface area contributed by atoms with E-state index in [9.17, 15) is 0 Å². The number of fused-ring (bicyclic) bond motifs is 1. The summed E-state index contributed by atoms with van der Waals surface area (Å²) >= 11 is 0. The first-order chi connectivity index (χ1) is 10.3. The molecule has 1 heteroatoms. The van der Waals surface area contributed by atoms with Crippen molar-refractivity contribution in [3.8, 4) is 0 Å². The topological polar surface area (TPSA) is 12.0 Å². The molecule has 1 aliphatic carbocycles. The van der Waals surface area contributed by atoms with E-state index in [0.717, 1.165) is 0 Å². The summed E-state index contributed by atoms with van der Waals surface area (Å²) in [5.74, 6) is 0.689. The second-order valence-electron chi connectivity index (χ2n) is 6.28. The first kappa shape index (κ1) is 14.3. The van der Waals surface area contributed by atoms with Crippen LogP contribution in [0.5, 0.6) is 0 Å². The van der Waals surface area contributed by atoms with E-state index in [2.05, 4.69) is 67.8 Å². The molecule has 0 fully saturated rings. The summed E-state index contributed by atoms with van der Waals surface area (Å²) in [6, 6.07) is 18.4. The van der Waals surface area contributed by atoms with Crippen molar-refractivity contribution in [3.05, 3.63) is 70.8 Å². The molecule has 3 rings (SSSR count). The highest BCUT2D eigenvalue weighted by Gasteiger charge is 2.23. The van der Waals surface area contributed by atoms with Crippen LogP contribution in [0.3, 0.4) is 0 Å². The quantitative estimate of drug-likeness (QED) is 0.850. The van der Waals surface area contributed by atoms with Gasteiger partial charge in [0.1, 0.15) is 0 Å². The third kappa shape index (κ3) is 3.19. The van der Waals surface area contributed by atoms with Crippen LogP contribution in [0.1, 0.15) is 53.5 Å². The van der Waals surface area contributed by atoms with Gasteiger partial charge in [-0.3, -0.25) is 0 Å². The average Bonchev–Trinajstić information content (AvgIpc) is 2.54. The number of rotatable bonds is 4. The van der Waals surface area contributed by atoms with Gasteiger partial charge in [-0.25, -0.2) is 0 Å². The third-order valence-electron chi connectivity index (χ3n) is 4.84. The fourth-order valence-electron chi connectivity index (χ4n) is 3.60. The predicted molar refractivity (Wildman–Crippen MR) is 89.7 cm³/mol. The van der Waals surface area contributed by atoms with Crippen molar-refractivity contribution in [1.29, 1.82) is 0 Å². The summed E-state index contributed by atoms with van der Waals surface area (Å²) in [6.07, 6.45) is 5.09. The van der Waals surface area contributed by atoms with Crippen molar-refractivity contribution in [3.63, 3.8) is 0 Å². The van der Waals surface area contributed by atoms with Crippen LogP contribution < -0.4 is 5.32 Å². The Labute approximate surface area is 128 Å². The monoisotopic (exact) mass is 279 g/mol. The van der Waals surface area contributed by atoms with E-state index in [0.29, 0.717) is 12.0 Å². The first-order valence-corrected chi connectivity index (χ1v) is 8.09. The molecule has 0 heterocycles. The van der Waals surface area contributed by atoms with E-state index >= 15 is 0 Å². The van der Waals surface area contributed by atoms with Gasteiger partial charge in [0.15, 0.2) is 0 Å². The molecular weight excluding hydrogens is 254 g/mol. The molecule has 21 heavy (non-hydrogen) atoms. The molecule has 0 saturated carbocycles. The van der Waals surface area contributed by atoms with E-state index < -0.39 is 0 Å². The van der Waals surface area contributed by atoms with E-state index in [1.807, 2.05) is 0 Å². The lowest BCUT2D eigenvalue weighted by molar-refractivity contribution is 0.440. The second kappa shape index (κ2) is 6.44.